The summed E-state index contributed by atoms with van der Waals surface area (Å²) in [6, 6.07) is -1.18. The molecule has 0 unspecified atom stereocenters. The third-order valence-electron chi connectivity index (χ3n) is 7.74. The summed E-state index contributed by atoms with van der Waals surface area (Å²) in [6.45, 7) is 3.73. The van der Waals surface area contributed by atoms with Crippen molar-refractivity contribution in [2.75, 3.05) is 6.61 Å². The van der Waals surface area contributed by atoms with Crippen LogP contribution in [0.1, 0.15) is 162 Å². The summed E-state index contributed by atoms with van der Waals surface area (Å²) < 4.78 is 37.2. The van der Waals surface area contributed by atoms with Gasteiger partial charge in [0.1, 0.15) is 6.10 Å². The monoisotopic (exact) mass is 630 g/mol. The largest absolute Gasteiger partial charge is 0.726 e. The Morgan fingerprint density at radius 2 is 1.14 bits per heavy atom. The first-order valence-electron chi connectivity index (χ1n) is 17.3. The summed E-state index contributed by atoms with van der Waals surface area (Å²) in [5.74, 6) is -0.722. The van der Waals surface area contributed by atoms with Gasteiger partial charge >= 0.3 is 0 Å². The minimum absolute atomic E-state index is 0.272. The van der Waals surface area contributed by atoms with Crippen LogP contribution in [0.15, 0.2) is 24.3 Å². The molecule has 0 aliphatic carbocycles. The van der Waals surface area contributed by atoms with Gasteiger partial charge in [-0.2, -0.15) is 0 Å². The number of rotatable bonds is 31. The summed E-state index contributed by atoms with van der Waals surface area (Å²) in [7, 11) is -5.00. The summed E-state index contributed by atoms with van der Waals surface area (Å²) in [6.07, 6.45) is 30.8. The lowest BCUT2D eigenvalue weighted by Crippen LogP contribution is -2.49. The number of hydrogen-bond donors (Lipinski definition) is 3. The van der Waals surface area contributed by atoms with Crippen molar-refractivity contribution in [2.45, 2.75) is 180 Å². The molecule has 0 rings (SSSR count). The van der Waals surface area contributed by atoms with Gasteiger partial charge in [0.2, 0.25) is 16.3 Å². The van der Waals surface area contributed by atoms with Gasteiger partial charge in [0.15, 0.2) is 0 Å². The number of carbonyl (C=O) groups excluding carboxylic acids is 1. The molecule has 0 bridgehead atoms. The molecule has 3 atom stereocenters. The zero-order chi connectivity index (χ0) is 32.0. The van der Waals surface area contributed by atoms with Crippen molar-refractivity contribution in [3.05, 3.63) is 24.3 Å². The van der Waals surface area contributed by atoms with E-state index in [9.17, 15) is 28.0 Å². The van der Waals surface area contributed by atoms with E-state index >= 15 is 0 Å². The third kappa shape index (κ3) is 29.2. The fourth-order valence-corrected chi connectivity index (χ4v) is 5.30. The zero-order valence-electron chi connectivity index (χ0n) is 27.4. The minimum atomic E-state index is -5.00. The molecule has 3 N–H and O–H groups in total. The number of hydrogen-bond acceptors (Lipinski definition) is 7. The first kappa shape index (κ1) is 41.7. The van der Waals surface area contributed by atoms with Crippen LogP contribution in [-0.4, -0.2) is 53.9 Å². The molecular weight excluding hydrogens is 566 g/mol. The van der Waals surface area contributed by atoms with Gasteiger partial charge in [-0.05, 0) is 32.1 Å². The van der Waals surface area contributed by atoms with Crippen molar-refractivity contribution < 1.29 is 32.2 Å². The summed E-state index contributed by atoms with van der Waals surface area (Å²) in [5.41, 5.74) is 0. The summed E-state index contributed by atoms with van der Waals surface area (Å²) in [4.78, 5) is 12.5. The highest BCUT2D eigenvalue weighted by Crippen LogP contribution is 2.14. The first-order valence-corrected chi connectivity index (χ1v) is 18.6. The molecule has 1 amide bonds. The second-order valence-corrected chi connectivity index (χ2v) is 12.9. The number of amides is 1. The lowest BCUT2D eigenvalue weighted by atomic mass is 10.0. The predicted molar refractivity (Wildman–Crippen MR) is 175 cm³/mol. The second-order valence-electron chi connectivity index (χ2n) is 11.9. The Balaban J connectivity index is 4.30. The van der Waals surface area contributed by atoms with Crippen LogP contribution >= 0.6 is 0 Å². The molecule has 0 aromatic rings. The Bertz CT molecular complexity index is 801. The predicted octanol–water partition coefficient (Wildman–Crippen LogP) is 7.79. The van der Waals surface area contributed by atoms with Crippen molar-refractivity contribution in [1.29, 1.82) is 0 Å². The molecular formula is C34H64NO7S-. The van der Waals surface area contributed by atoms with Crippen LogP contribution in [0.3, 0.4) is 0 Å². The standard InChI is InChI=1S/C34H65NO7S/c1-3-5-7-9-11-13-15-17-19-20-22-24-26-28-32(36)31(30-42-43(39,40)41)35-34(38)33(37)29-27-25-23-21-18-16-14-12-10-8-6-4-2/h19-20,26,28,31-33,36-37H,3-18,21-25,27,29-30H2,1-2H3,(H,35,38)(H,39,40,41)/p-1/b20-19+,28-26+/t31-,32+,33+/m0/s1. The maximum Gasteiger partial charge on any atom is 0.249 e. The smallest absolute Gasteiger partial charge is 0.249 e. The number of nitrogens with one attached hydrogen (secondary N) is 1. The highest BCUT2D eigenvalue weighted by Gasteiger charge is 2.24. The molecule has 8 nitrogen and oxygen atoms in total. The summed E-state index contributed by atoms with van der Waals surface area (Å²) >= 11 is 0. The Hall–Kier alpha value is -1.26. The van der Waals surface area contributed by atoms with Gasteiger partial charge < -0.3 is 20.1 Å². The van der Waals surface area contributed by atoms with E-state index in [1.54, 1.807) is 6.08 Å². The molecule has 0 saturated carbocycles. The van der Waals surface area contributed by atoms with Crippen LogP contribution in [0, 0.1) is 0 Å². The van der Waals surface area contributed by atoms with E-state index in [1.165, 1.54) is 102 Å². The highest BCUT2D eigenvalue weighted by molar-refractivity contribution is 7.80. The average molecular weight is 631 g/mol. The first-order chi connectivity index (χ1) is 20.7. The molecule has 0 aromatic heterocycles. The lowest BCUT2D eigenvalue weighted by Gasteiger charge is -2.24. The Labute approximate surface area is 264 Å². The average Bonchev–Trinajstić information content (AvgIpc) is 2.97. The maximum atomic E-state index is 12.5. The van der Waals surface area contributed by atoms with E-state index in [-0.39, 0.29) is 6.42 Å². The topological polar surface area (TPSA) is 136 Å². The number of carbonyl (C=O) groups is 1. The van der Waals surface area contributed by atoms with Gasteiger partial charge in [0.05, 0.1) is 18.8 Å². The van der Waals surface area contributed by atoms with Gasteiger partial charge in [-0.15, -0.1) is 0 Å². The van der Waals surface area contributed by atoms with Gasteiger partial charge in [0.25, 0.3) is 0 Å². The molecule has 43 heavy (non-hydrogen) atoms. The van der Waals surface area contributed by atoms with Crippen LogP contribution in [-0.2, 0) is 19.4 Å². The molecule has 0 fully saturated rings. The Morgan fingerprint density at radius 1 is 0.698 bits per heavy atom. The van der Waals surface area contributed by atoms with Crippen molar-refractivity contribution in [3.8, 4) is 0 Å². The van der Waals surface area contributed by atoms with Gasteiger partial charge in [0, 0.05) is 0 Å². The SMILES string of the molecule is CCCCCCCCC/C=C/CC/C=C/[C@@H](O)[C@H](COS(=O)(=O)[O-])NC(=O)[C@H](O)CCCCCCCCCCCCCC. The Morgan fingerprint density at radius 3 is 1.65 bits per heavy atom. The van der Waals surface area contributed by atoms with Crippen LogP contribution in [0.2, 0.25) is 0 Å². The molecule has 0 radical (unpaired) electrons. The molecule has 0 aliphatic rings. The van der Waals surface area contributed by atoms with Crippen molar-refractivity contribution in [3.63, 3.8) is 0 Å². The number of aliphatic hydroxyl groups is 2. The van der Waals surface area contributed by atoms with Crippen molar-refractivity contribution in [2.24, 2.45) is 0 Å². The van der Waals surface area contributed by atoms with E-state index < -0.39 is 41.2 Å². The van der Waals surface area contributed by atoms with E-state index in [1.807, 2.05) is 0 Å². The van der Waals surface area contributed by atoms with Crippen LogP contribution < -0.4 is 5.32 Å². The lowest BCUT2D eigenvalue weighted by molar-refractivity contribution is -0.131. The van der Waals surface area contributed by atoms with Gasteiger partial charge in [-0.1, -0.05) is 154 Å². The fourth-order valence-electron chi connectivity index (χ4n) is 4.99. The third-order valence-corrected chi connectivity index (χ3v) is 8.16. The second kappa shape index (κ2) is 29.5. The van der Waals surface area contributed by atoms with E-state index in [0.29, 0.717) is 12.8 Å². The molecule has 9 heteroatoms. The molecule has 0 saturated heterocycles. The highest BCUT2D eigenvalue weighted by atomic mass is 32.3. The van der Waals surface area contributed by atoms with Gasteiger partial charge in [-0.25, -0.2) is 8.42 Å². The van der Waals surface area contributed by atoms with Crippen LogP contribution in [0.4, 0.5) is 0 Å². The van der Waals surface area contributed by atoms with Crippen LogP contribution in [0.5, 0.6) is 0 Å². The van der Waals surface area contributed by atoms with Crippen molar-refractivity contribution >= 4 is 16.3 Å². The zero-order valence-corrected chi connectivity index (χ0v) is 28.2. The van der Waals surface area contributed by atoms with Crippen molar-refractivity contribution in [1.82, 2.24) is 5.32 Å². The van der Waals surface area contributed by atoms with E-state index in [4.69, 9.17) is 0 Å². The molecule has 254 valence electrons. The fraction of sp³-hybridized carbons (Fsp3) is 0.853. The maximum absolute atomic E-state index is 12.5. The Kier molecular flexibility index (Phi) is 28.6. The molecule has 0 aliphatic heterocycles. The quantitative estimate of drug-likeness (QED) is 0.0308. The molecule has 0 spiro atoms. The van der Waals surface area contributed by atoms with E-state index in [0.717, 1.165) is 32.1 Å². The number of aliphatic hydroxyl groups excluding tert-OH is 2. The minimum Gasteiger partial charge on any atom is -0.726 e. The molecule has 0 aromatic carbocycles. The summed E-state index contributed by atoms with van der Waals surface area (Å²) in [5, 5.41) is 23.3. The number of unbranched alkanes of at least 4 members (excludes halogenated alkanes) is 19. The van der Waals surface area contributed by atoms with Gasteiger partial charge in [-0.3, -0.25) is 8.98 Å². The molecule has 0 heterocycles. The normalized spacial score (nSPS) is 14.4. The van der Waals surface area contributed by atoms with E-state index in [2.05, 4.69) is 35.5 Å². The number of allylic oxidation sites excluding steroid dienone is 3. The van der Waals surface area contributed by atoms with Crippen LogP contribution in [0.25, 0.3) is 0 Å².